The molecule has 0 amide bonds. The summed E-state index contributed by atoms with van der Waals surface area (Å²) < 4.78 is 1.07. The highest BCUT2D eigenvalue weighted by molar-refractivity contribution is 14.1. The fraction of sp³-hybridized carbons (Fsp3) is 1.00. The molecule has 0 heterocycles. The van der Waals surface area contributed by atoms with Gasteiger partial charge in [0.05, 0.1) is 0 Å². The normalized spacial score (nSPS) is 6.00. The maximum absolute atomic E-state index is 5.02. The van der Waals surface area contributed by atoms with Crippen LogP contribution in [0.3, 0.4) is 0 Å². The van der Waals surface area contributed by atoms with Gasteiger partial charge in [0.15, 0.2) is 0 Å². The van der Waals surface area contributed by atoms with Crippen molar-refractivity contribution in [3.8, 4) is 0 Å². The van der Waals surface area contributed by atoms with Crippen molar-refractivity contribution in [3.63, 3.8) is 0 Å². The number of hydrogen-bond donors (Lipinski definition) is 1. The predicted molar refractivity (Wildman–Crippen MR) is 43.4 cm³/mol. The summed E-state index contributed by atoms with van der Waals surface area (Å²) in [5.41, 5.74) is 5.02. The molecule has 0 aliphatic carbocycles. The molecule has 0 aliphatic heterocycles. The molecule has 1 nitrogen and oxygen atoms in total. The summed E-state index contributed by atoms with van der Waals surface area (Å²) in [6.07, 6.45) is 0. The molecule has 0 aliphatic rings. The Hall–Kier alpha value is 1.42. The molecule has 0 bridgehead atoms. The first-order valence-corrected chi connectivity index (χ1v) is 2.70. The Labute approximate surface area is 62.8 Å². The molecule has 5 heavy (non-hydrogen) atoms. The maximum atomic E-state index is 5.02. The van der Waals surface area contributed by atoms with E-state index in [9.17, 15) is 0 Å². The molecule has 0 rings (SSSR count). The Balaban J connectivity index is 0. The Kier molecular flexibility index (Phi) is 17.5. The summed E-state index contributed by atoms with van der Waals surface area (Å²) in [5, 5.41) is 0. The lowest BCUT2D eigenvalue weighted by Crippen LogP contribution is -1.97. The molecule has 0 aromatic heterocycles. The molecule has 0 radical (unpaired) electrons. The van der Waals surface area contributed by atoms with Crippen LogP contribution in [-0.4, -0.2) is 11.0 Å². The van der Waals surface area contributed by atoms with Crippen LogP contribution in [0.25, 0.3) is 0 Å². The van der Waals surface area contributed by atoms with Crippen molar-refractivity contribution < 1.29 is 0 Å². The van der Waals surface area contributed by atoms with Crippen LogP contribution in [0, 0.1) is 0 Å². The monoisotopic (exact) mass is 299 g/mol. The largest absolute Gasteiger partial charge is 0.330 e. The molecule has 0 unspecified atom stereocenters. The van der Waals surface area contributed by atoms with Crippen molar-refractivity contribution >= 4 is 46.6 Å². The topological polar surface area (TPSA) is 26.0 Å². The quantitative estimate of drug-likeness (QED) is 0.567. The van der Waals surface area contributed by atoms with Crippen molar-refractivity contribution in [1.82, 2.24) is 0 Å². The van der Waals surface area contributed by atoms with Crippen molar-refractivity contribution in [3.05, 3.63) is 0 Å². The van der Waals surface area contributed by atoms with Crippen LogP contribution in [0.4, 0.5) is 0 Å². The van der Waals surface area contributed by atoms with Gasteiger partial charge in [0.25, 0.3) is 0 Å². The Morgan fingerprint density at radius 3 is 1.80 bits per heavy atom. The van der Waals surface area contributed by atoms with E-state index in [4.69, 9.17) is 5.73 Å². The van der Waals surface area contributed by atoms with Crippen molar-refractivity contribution in [2.24, 2.45) is 5.73 Å². The van der Waals surface area contributed by atoms with E-state index in [2.05, 4.69) is 22.6 Å². The SMILES string of the molecule is I.NCCI. The second-order valence-corrected chi connectivity index (χ2v) is 1.56. The molecule has 3 heteroatoms. The summed E-state index contributed by atoms with van der Waals surface area (Å²) in [7, 11) is 0. The lowest BCUT2D eigenvalue weighted by molar-refractivity contribution is 1.17. The standard InChI is InChI=1S/C2H6IN.HI/c3-1-2-4;/h1-2,4H2;1H. The van der Waals surface area contributed by atoms with Gasteiger partial charge in [0.1, 0.15) is 0 Å². The van der Waals surface area contributed by atoms with Gasteiger partial charge in [-0.05, 0) is 0 Å². The molecular formula is C2H7I2N. The number of rotatable bonds is 1. The minimum Gasteiger partial charge on any atom is -0.330 e. The van der Waals surface area contributed by atoms with Gasteiger partial charge in [0.2, 0.25) is 0 Å². The first-order valence-electron chi connectivity index (χ1n) is 1.18. The summed E-state index contributed by atoms with van der Waals surface area (Å²) in [5.74, 6) is 0. The second-order valence-electron chi connectivity index (χ2n) is 0.478. The zero-order valence-corrected chi connectivity index (χ0v) is 7.27. The summed E-state index contributed by atoms with van der Waals surface area (Å²) in [6, 6.07) is 0. The fourth-order valence-electron chi connectivity index (χ4n) is 0. The molecule has 0 aromatic rings. The average molecular weight is 299 g/mol. The number of halogens is 2. The highest BCUT2D eigenvalue weighted by Gasteiger charge is 1.57. The Morgan fingerprint density at radius 2 is 1.80 bits per heavy atom. The maximum Gasteiger partial charge on any atom is 0.0119 e. The third-order valence-electron chi connectivity index (χ3n) is 0.109. The zero-order chi connectivity index (χ0) is 3.41. The molecule has 2 N–H and O–H groups in total. The van der Waals surface area contributed by atoms with Crippen molar-refractivity contribution in [2.75, 3.05) is 11.0 Å². The molecule has 0 saturated heterocycles. The van der Waals surface area contributed by atoms with Crippen LogP contribution in [-0.2, 0) is 0 Å². The fourth-order valence-corrected chi connectivity index (χ4v) is 0. The molecule has 0 fully saturated rings. The first kappa shape index (κ1) is 9.65. The van der Waals surface area contributed by atoms with E-state index >= 15 is 0 Å². The minimum atomic E-state index is 0. The van der Waals surface area contributed by atoms with E-state index in [1.807, 2.05) is 0 Å². The van der Waals surface area contributed by atoms with Crippen molar-refractivity contribution in [1.29, 1.82) is 0 Å². The van der Waals surface area contributed by atoms with Gasteiger partial charge in [0, 0.05) is 11.0 Å². The highest BCUT2D eigenvalue weighted by atomic mass is 127. The van der Waals surface area contributed by atoms with Crippen LogP contribution in [0.5, 0.6) is 0 Å². The summed E-state index contributed by atoms with van der Waals surface area (Å²) in [4.78, 5) is 0. The van der Waals surface area contributed by atoms with Crippen LogP contribution in [0.1, 0.15) is 0 Å². The van der Waals surface area contributed by atoms with Gasteiger partial charge >= 0.3 is 0 Å². The van der Waals surface area contributed by atoms with Crippen LogP contribution < -0.4 is 5.73 Å². The van der Waals surface area contributed by atoms with Crippen molar-refractivity contribution in [2.45, 2.75) is 0 Å². The number of nitrogens with two attached hydrogens (primary N) is 1. The van der Waals surface area contributed by atoms with E-state index in [1.54, 1.807) is 0 Å². The third-order valence-corrected chi connectivity index (χ3v) is 0.732. The molecule has 0 saturated carbocycles. The van der Waals surface area contributed by atoms with Crippen LogP contribution >= 0.6 is 46.6 Å². The molecule has 0 atom stereocenters. The average Bonchev–Trinajstić information content (AvgIpc) is 1.37. The zero-order valence-electron chi connectivity index (χ0n) is 2.78. The summed E-state index contributed by atoms with van der Waals surface area (Å²) >= 11 is 2.23. The lowest BCUT2D eigenvalue weighted by Gasteiger charge is -1.68. The van der Waals surface area contributed by atoms with Gasteiger partial charge in [-0.2, -0.15) is 0 Å². The summed E-state index contributed by atoms with van der Waals surface area (Å²) in [6.45, 7) is 0.806. The van der Waals surface area contributed by atoms with Gasteiger partial charge in [-0.1, -0.05) is 22.6 Å². The first-order chi connectivity index (χ1) is 1.91. The third kappa shape index (κ3) is 10.8. The number of alkyl halides is 1. The van der Waals surface area contributed by atoms with Crippen LogP contribution in [0.2, 0.25) is 0 Å². The lowest BCUT2D eigenvalue weighted by atomic mass is 10.8. The molecule has 0 spiro atoms. The van der Waals surface area contributed by atoms with E-state index in [0.717, 1.165) is 11.0 Å². The molecular weight excluding hydrogens is 292 g/mol. The van der Waals surface area contributed by atoms with Crippen LogP contribution in [0.15, 0.2) is 0 Å². The molecule has 34 valence electrons. The second kappa shape index (κ2) is 9.05. The van der Waals surface area contributed by atoms with Gasteiger partial charge in [-0.25, -0.2) is 0 Å². The number of hydrogen-bond acceptors (Lipinski definition) is 1. The van der Waals surface area contributed by atoms with Gasteiger partial charge in [-0.3, -0.25) is 0 Å². The van der Waals surface area contributed by atoms with Gasteiger partial charge < -0.3 is 5.73 Å². The van der Waals surface area contributed by atoms with E-state index < -0.39 is 0 Å². The Morgan fingerprint density at radius 1 is 1.60 bits per heavy atom. The van der Waals surface area contributed by atoms with Gasteiger partial charge in [-0.15, -0.1) is 24.0 Å². The highest BCUT2D eigenvalue weighted by Crippen LogP contribution is 1.69. The molecule has 0 aromatic carbocycles. The predicted octanol–water partition coefficient (Wildman–Crippen LogP) is 0.998. The van der Waals surface area contributed by atoms with E-state index in [1.165, 1.54) is 0 Å². The minimum absolute atomic E-state index is 0. The van der Waals surface area contributed by atoms with E-state index in [-0.39, 0.29) is 24.0 Å². The van der Waals surface area contributed by atoms with E-state index in [0.29, 0.717) is 0 Å². The smallest absolute Gasteiger partial charge is 0.0119 e. The Bertz CT molecular complexity index is 9.61.